The van der Waals surface area contributed by atoms with Crippen molar-refractivity contribution in [2.24, 2.45) is 0 Å². The Morgan fingerprint density at radius 3 is 2.46 bits per heavy atom. The van der Waals surface area contributed by atoms with Crippen LogP contribution in [0.3, 0.4) is 0 Å². The van der Waals surface area contributed by atoms with Gasteiger partial charge in [-0.15, -0.1) is 0 Å². The fraction of sp³-hybridized carbons (Fsp3) is 0.500. The summed E-state index contributed by atoms with van der Waals surface area (Å²) in [6.45, 7) is 4.34. The minimum atomic E-state index is -2.62. The van der Waals surface area contributed by atoms with Gasteiger partial charge in [0.1, 0.15) is 0 Å². The number of hydrogen-bond donors (Lipinski definition) is 1. The van der Waals surface area contributed by atoms with Gasteiger partial charge in [-0.05, 0) is 19.2 Å². The Kier molecular flexibility index (Phi) is 7.69. The molecule has 0 spiro atoms. The number of rotatable bonds is 2. The third-order valence-electron chi connectivity index (χ3n) is 1.46. The summed E-state index contributed by atoms with van der Waals surface area (Å²) in [6, 6.07) is 0. The molecule has 0 fully saturated rings. The van der Waals surface area contributed by atoms with Crippen molar-refractivity contribution in [3.8, 4) is 0 Å². The van der Waals surface area contributed by atoms with Gasteiger partial charge in [0.25, 0.3) is 0 Å². The van der Waals surface area contributed by atoms with Crippen molar-refractivity contribution in [1.82, 2.24) is 4.90 Å². The molecule has 0 aromatic heterocycles. The Morgan fingerprint density at radius 1 is 1.62 bits per heavy atom. The second-order valence-corrected chi connectivity index (χ2v) is 3.27. The number of nitrogens with zero attached hydrogens (tertiary/aromatic N) is 1. The van der Waals surface area contributed by atoms with Crippen molar-refractivity contribution >= 4 is 8.25 Å². The molecule has 76 valence electrons. The summed E-state index contributed by atoms with van der Waals surface area (Å²) in [5, 5.41) is 0. The zero-order chi connectivity index (χ0) is 10.1. The second-order valence-electron chi connectivity index (χ2n) is 2.33. The first-order valence-electron chi connectivity index (χ1n) is 4.05. The highest BCUT2D eigenvalue weighted by atomic mass is 31.1. The van der Waals surface area contributed by atoms with E-state index in [0.717, 1.165) is 13.1 Å². The molecule has 0 aliphatic carbocycles. The smallest absolute Gasteiger partial charge is 0.316 e. The largest absolute Gasteiger partial charge is 0.374 e. The highest BCUT2D eigenvalue weighted by Gasteiger charge is 1.91. The number of hydrogen-bond acceptors (Lipinski definition) is 3. The standard InChI is InChI=1S/C7H11N.CH5O3P/c1-2-8-6-4-3-5-7-8;1-4-5(2)3/h3-6H,2,7H2,1H3;5H,1H3,(H,2,3). The molecule has 0 saturated carbocycles. The van der Waals surface area contributed by atoms with Gasteiger partial charge in [0.05, 0.1) is 0 Å². The molecule has 13 heavy (non-hydrogen) atoms. The molecule has 0 amide bonds. The van der Waals surface area contributed by atoms with Gasteiger partial charge in [-0.2, -0.15) is 0 Å². The lowest BCUT2D eigenvalue weighted by atomic mass is 10.3. The van der Waals surface area contributed by atoms with E-state index >= 15 is 0 Å². The molecular formula is C8H16NO3P. The van der Waals surface area contributed by atoms with Gasteiger partial charge < -0.3 is 14.3 Å². The van der Waals surface area contributed by atoms with E-state index in [4.69, 9.17) is 4.89 Å². The summed E-state index contributed by atoms with van der Waals surface area (Å²) in [6.07, 6.45) is 8.41. The molecule has 1 atom stereocenters. The van der Waals surface area contributed by atoms with Crippen LogP contribution in [0.25, 0.3) is 0 Å². The van der Waals surface area contributed by atoms with E-state index in [0.29, 0.717) is 0 Å². The second kappa shape index (κ2) is 8.05. The molecule has 1 aliphatic rings. The van der Waals surface area contributed by atoms with Crippen LogP contribution in [0.2, 0.25) is 0 Å². The lowest BCUT2D eigenvalue weighted by Crippen LogP contribution is -2.17. The number of likely N-dealkylation sites (N-methyl/N-ethyl adjacent to an activating group) is 1. The molecule has 4 nitrogen and oxygen atoms in total. The van der Waals surface area contributed by atoms with Crippen molar-refractivity contribution in [2.45, 2.75) is 6.92 Å². The van der Waals surface area contributed by atoms with E-state index in [1.165, 1.54) is 7.11 Å². The van der Waals surface area contributed by atoms with Crippen molar-refractivity contribution in [3.63, 3.8) is 0 Å². The van der Waals surface area contributed by atoms with Crippen LogP contribution in [-0.2, 0) is 9.09 Å². The summed E-state index contributed by atoms with van der Waals surface area (Å²) in [4.78, 5) is 9.94. The van der Waals surface area contributed by atoms with Crippen LogP contribution in [0.4, 0.5) is 0 Å². The van der Waals surface area contributed by atoms with Gasteiger partial charge in [-0.1, -0.05) is 12.2 Å². The van der Waals surface area contributed by atoms with E-state index in [-0.39, 0.29) is 0 Å². The molecule has 1 heterocycles. The highest BCUT2D eigenvalue weighted by Crippen LogP contribution is 2.09. The molecule has 1 N–H and O–H groups in total. The first-order valence-corrected chi connectivity index (χ1v) is 5.31. The molecule has 1 rings (SSSR count). The Labute approximate surface area is 79.5 Å². The van der Waals surface area contributed by atoms with E-state index in [2.05, 4.69) is 40.8 Å². The molecule has 0 saturated heterocycles. The molecule has 1 aliphatic heterocycles. The van der Waals surface area contributed by atoms with Gasteiger partial charge >= 0.3 is 8.25 Å². The molecule has 1 unspecified atom stereocenters. The fourth-order valence-corrected chi connectivity index (χ4v) is 0.742. The van der Waals surface area contributed by atoms with Gasteiger partial charge in [-0.25, -0.2) is 0 Å². The van der Waals surface area contributed by atoms with Gasteiger partial charge in [0.15, 0.2) is 0 Å². The Balaban J connectivity index is 0.000000252. The average molecular weight is 205 g/mol. The molecule has 0 radical (unpaired) electrons. The lowest BCUT2D eigenvalue weighted by Gasteiger charge is -2.16. The van der Waals surface area contributed by atoms with E-state index in [9.17, 15) is 4.57 Å². The maximum absolute atomic E-state index is 9.33. The highest BCUT2D eigenvalue weighted by molar-refractivity contribution is 7.32. The summed E-state index contributed by atoms with van der Waals surface area (Å²) >= 11 is 0. The van der Waals surface area contributed by atoms with Gasteiger partial charge in [-0.3, -0.25) is 4.57 Å². The van der Waals surface area contributed by atoms with E-state index in [1.807, 2.05) is 0 Å². The van der Waals surface area contributed by atoms with Gasteiger partial charge in [0.2, 0.25) is 0 Å². The first kappa shape index (κ1) is 12.4. The van der Waals surface area contributed by atoms with Crippen molar-refractivity contribution in [3.05, 3.63) is 24.4 Å². The molecule has 5 heteroatoms. The lowest BCUT2D eigenvalue weighted by molar-refractivity contribution is 0.343. The third kappa shape index (κ3) is 7.78. The molecule has 0 bridgehead atoms. The van der Waals surface area contributed by atoms with Crippen LogP contribution in [0, 0.1) is 0 Å². The minimum absolute atomic E-state index is 1.08. The van der Waals surface area contributed by atoms with Crippen LogP contribution in [0.1, 0.15) is 6.92 Å². The number of allylic oxidation sites excluding steroid dienone is 2. The van der Waals surface area contributed by atoms with E-state index < -0.39 is 8.25 Å². The Hall–Kier alpha value is -0.570. The summed E-state index contributed by atoms with van der Waals surface area (Å²) in [5.74, 6) is 0. The topological polar surface area (TPSA) is 49.8 Å². The minimum Gasteiger partial charge on any atom is -0.374 e. The molecule has 0 aromatic rings. The maximum Gasteiger partial charge on any atom is 0.316 e. The average Bonchev–Trinajstić information content (AvgIpc) is 2.20. The summed E-state index contributed by atoms with van der Waals surface area (Å²) in [5.41, 5.74) is 0. The predicted molar refractivity (Wildman–Crippen MR) is 53.8 cm³/mol. The zero-order valence-corrected chi connectivity index (χ0v) is 8.93. The molecular weight excluding hydrogens is 189 g/mol. The Morgan fingerprint density at radius 2 is 2.23 bits per heavy atom. The monoisotopic (exact) mass is 205 g/mol. The van der Waals surface area contributed by atoms with Crippen LogP contribution in [-0.4, -0.2) is 30.0 Å². The van der Waals surface area contributed by atoms with Crippen molar-refractivity contribution < 1.29 is 14.0 Å². The van der Waals surface area contributed by atoms with Crippen LogP contribution in [0.15, 0.2) is 24.4 Å². The van der Waals surface area contributed by atoms with Gasteiger partial charge in [0, 0.05) is 20.2 Å². The first-order chi connectivity index (χ1) is 6.20. The van der Waals surface area contributed by atoms with Crippen LogP contribution < -0.4 is 0 Å². The molecule has 0 aromatic carbocycles. The van der Waals surface area contributed by atoms with Crippen LogP contribution in [0.5, 0.6) is 0 Å². The zero-order valence-electron chi connectivity index (χ0n) is 7.93. The SMILES string of the molecule is CCN1C=CC=CC1.CO[PH](=O)O. The maximum atomic E-state index is 9.33. The fourth-order valence-electron chi connectivity index (χ4n) is 0.742. The normalized spacial score (nSPS) is 16.4. The predicted octanol–water partition coefficient (Wildman–Crippen LogP) is 1.41. The van der Waals surface area contributed by atoms with Crippen LogP contribution >= 0.6 is 8.25 Å². The van der Waals surface area contributed by atoms with Crippen molar-refractivity contribution in [2.75, 3.05) is 20.2 Å². The van der Waals surface area contributed by atoms with E-state index in [1.54, 1.807) is 0 Å². The third-order valence-corrected chi connectivity index (χ3v) is 1.81. The summed E-state index contributed by atoms with van der Waals surface area (Å²) < 4.78 is 13.2. The quantitative estimate of drug-likeness (QED) is 0.692. The summed E-state index contributed by atoms with van der Waals surface area (Å²) in [7, 11) is -1.44. The Bertz CT molecular complexity index is 204. The van der Waals surface area contributed by atoms with Crippen molar-refractivity contribution in [1.29, 1.82) is 0 Å².